The summed E-state index contributed by atoms with van der Waals surface area (Å²) in [5.74, 6) is 0.479. The van der Waals surface area contributed by atoms with Gasteiger partial charge in [-0.2, -0.15) is 4.98 Å². The minimum absolute atomic E-state index is 0.0933. The van der Waals surface area contributed by atoms with Crippen LogP contribution in [0.1, 0.15) is 18.2 Å². The van der Waals surface area contributed by atoms with Gasteiger partial charge in [-0.05, 0) is 0 Å². The summed E-state index contributed by atoms with van der Waals surface area (Å²) in [6, 6.07) is 0. The second-order valence-corrected chi connectivity index (χ2v) is 4.55. The lowest BCUT2D eigenvalue weighted by Gasteiger charge is -2.16. The topological polar surface area (TPSA) is 78.1 Å². The molecule has 0 N–H and O–H groups in total. The lowest BCUT2D eigenvalue weighted by atomic mass is 10.0. The minimum Gasteiger partial charge on any atom is -0.380 e. The number of hydrogen-bond donors (Lipinski definition) is 0. The molecular formula is C10H9N3O3S. The predicted octanol–water partition coefficient (Wildman–Crippen LogP) is 1.27. The fourth-order valence-corrected chi connectivity index (χ4v) is 2.20. The monoisotopic (exact) mass is 251 g/mol. The zero-order valence-electron chi connectivity index (χ0n) is 8.83. The fraction of sp³-hybridized carbons (Fsp3) is 0.400. The summed E-state index contributed by atoms with van der Waals surface area (Å²) in [5, 5.41) is 3.84. The van der Waals surface area contributed by atoms with E-state index in [0.29, 0.717) is 31.3 Å². The molecule has 1 atom stereocenters. The molecule has 2 aromatic heterocycles. The Morgan fingerprint density at radius 1 is 1.47 bits per heavy atom. The number of aromatic nitrogens is 3. The molecule has 0 aromatic carbocycles. The molecule has 1 saturated heterocycles. The van der Waals surface area contributed by atoms with Crippen molar-refractivity contribution in [1.29, 1.82) is 0 Å². The molecule has 0 radical (unpaired) electrons. The van der Waals surface area contributed by atoms with Crippen LogP contribution in [0.5, 0.6) is 0 Å². The molecule has 0 aliphatic carbocycles. The number of rotatable bonds is 2. The largest absolute Gasteiger partial charge is 0.380 e. The van der Waals surface area contributed by atoms with Crippen LogP contribution >= 0.6 is 11.3 Å². The van der Waals surface area contributed by atoms with Crippen LogP contribution in [0.2, 0.25) is 0 Å². The van der Waals surface area contributed by atoms with E-state index in [-0.39, 0.29) is 5.78 Å². The van der Waals surface area contributed by atoms with E-state index < -0.39 is 5.92 Å². The molecule has 3 heterocycles. The number of thiazole rings is 1. The average molecular weight is 251 g/mol. The second kappa shape index (κ2) is 4.34. The zero-order chi connectivity index (χ0) is 11.7. The third-order valence-corrected chi connectivity index (χ3v) is 3.33. The third kappa shape index (κ3) is 1.98. The first kappa shape index (κ1) is 10.5. The van der Waals surface area contributed by atoms with E-state index in [9.17, 15) is 4.79 Å². The smallest absolute Gasteiger partial charge is 0.239 e. The van der Waals surface area contributed by atoms with E-state index in [0.717, 1.165) is 4.88 Å². The molecule has 88 valence electrons. The van der Waals surface area contributed by atoms with Crippen LogP contribution in [0.4, 0.5) is 0 Å². The Bertz CT molecular complexity index is 523. The number of ether oxygens (including phenoxy) is 1. The van der Waals surface area contributed by atoms with Crippen molar-refractivity contribution in [3.63, 3.8) is 0 Å². The highest BCUT2D eigenvalue weighted by Gasteiger charge is 2.30. The summed E-state index contributed by atoms with van der Waals surface area (Å²) in [7, 11) is 0. The van der Waals surface area contributed by atoms with Gasteiger partial charge in [-0.3, -0.25) is 9.78 Å². The highest BCUT2D eigenvalue weighted by molar-refractivity contribution is 7.13. The maximum atomic E-state index is 11.7. The van der Waals surface area contributed by atoms with E-state index in [1.807, 2.05) is 0 Å². The average Bonchev–Trinajstić information content (AvgIpc) is 3.00. The number of Topliss-reactive ketones (excluding diaryl/α,β-unsaturated/α-hetero) is 1. The molecule has 1 fully saturated rings. The van der Waals surface area contributed by atoms with E-state index >= 15 is 0 Å². The Morgan fingerprint density at radius 2 is 2.41 bits per heavy atom. The zero-order valence-corrected chi connectivity index (χ0v) is 9.64. The van der Waals surface area contributed by atoms with Crippen LogP contribution in [-0.2, 0) is 9.53 Å². The molecule has 1 aliphatic heterocycles. The Hall–Kier alpha value is -1.60. The van der Waals surface area contributed by atoms with Gasteiger partial charge in [0.1, 0.15) is 11.7 Å². The molecule has 2 aromatic rings. The first-order valence-electron chi connectivity index (χ1n) is 5.17. The van der Waals surface area contributed by atoms with Crippen molar-refractivity contribution < 1.29 is 14.1 Å². The van der Waals surface area contributed by atoms with Crippen LogP contribution < -0.4 is 0 Å². The van der Waals surface area contributed by atoms with E-state index in [4.69, 9.17) is 9.26 Å². The molecule has 0 saturated carbocycles. The quantitative estimate of drug-likeness (QED) is 0.799. The van der Waals surface area contributed by atoms with Gasteiger partial charge in [0.15, 0.2) is 0 Å². The molecule has 3 rings (SSSR count). The maximum absolute atomic E-state index is 11.7. The van der Waals surface area contributed by atoms with Crippen LogP contribution in [-0.4, -0.2) is 34.1 Å². The highest BCUT2D eigenvalue weighted by Crippen LogP contribution is 2.25. The predicted molar refractivity (Wildman–Crippen MR) is 58.6 cm³/mol. The Labute approximate surface area is 101 Å². The van der Waals surface area contributed by atoms with Gasteiger partial charge in [-0.1, -0.05) is 5.16 Å². The lowest BCUT2D eigenvalue weighted by Crippen LogP contribution is -2.25. The molecule has 7 heteroatoms. The van der Waals surface area contributed by atoms with Crippen molar-refractivity contribution in [1.82, 2.24) is 15.1 Å². The molecular weight excluding hydrogens is 242 g/mol. The van der Waals surface area contributed by atoms with Crippen molar-refractivity contribution in [3.05, 3.63) is 17.6 Å². The van der Waals surface area contributed by atoms with E-state index in [1.54, 1.807) is 11.7 Å². The Morgan fingerprint density at radius 3 is 3.18 bits per heavy atom. The summed E-state index contributed by atoms with van der Waals surface area (Å²) in [6.45, 7) is 0.800. The molecule has 1 unspecified atom stereocenters. The van der Waals surface area contributed by atoms with Gasteiger partial charge < -0.3 is 9.26 Å². The van der Waals surface area contributed by atoms with Gasteiger partial charge in [0, 0.05) is 12.6 Å². The van der Waals surface area contributed by atoms with Crippen LogP contribution in [0.25, 0.3) is 10.7 Å². The molecule has 0 amide bonds. The summed E-state index contributed by atoms with van der Waals surface area (Å²) >= 11 is 1.42. The minimum atomic E-state index is -0.419. The summed E-state index contributed by atoms with van der Waals surface area (Å²) in [6.07, 6.45) is 2.07. The summed E-state index contributed by atoms with van der Waals surface area (Å²) in [5.41, 5.74) is 1.69. The number of nitrogens with zero attached hydrogens (tertiary/aromatic N) is 3. The summed E-state index contributed by atoms with van der Waals surface area (Å²) in [4.78, 5) is 20.7. The van der Waals surface area contributed by atoms with Gasteiger partial charge >= 0.3 is 0 Å². The normalized spacial score (nSPS) is 20.7. The van der Waals surface area contributed by atoms with E-state index in [1.165, 1.54) is 11.3 Å². The molecule has 6 nitrogen and oxygen atoms in total. The lowest BCUT2D eigenvalue weighted by molar-refractivity contribution is -0.127. The van der Waals surface area contributed by atoms with E-state index in [2.05, 4.69) is 15.1 Å². The van der Waals surface area contributed by atoms with Crippen molar-refractivity contribution in [2.24, 2.45) is 0 Å². The molecule has 0 bridgehead atoms. The standard InChI is InChI=1S/C10H9N3O3S/c14-7-1-2-15-4-6(7)10-12-9(13-16-10)8-3-11-5-17-8/h3,5-6H,1-2,4H2. The van der Waals surface area contributed by atoms with Gasteiger partial charge in [-0.25, -0.2) is 0 Å². The number of hydrogen-bond acceptors (Lipinski definition) is 7. The maximum Gasteiger partial charge on any atom is 0.239 e. The Kier molecular flexibility index (Phi) is 2.69. The van der Waals surface area contributed by atoms with Gasteiger partial charge in [0.05, 0.1) is 23.6 Å². The van der Waals surface area contributed by atoms with Crippen LogP contribution in [0, 0.1) is 0 Å². The van der Waals surface area contributed by atoms with Crippen LogP contribution in [0.15, 0.2) is 16.2 Å². The Balaban J connectivity index is 1.87. The highest BCUT2D eigenvalue weighted by atomic mass is 32.1. The summed E-state index contributed by atoms with van der Waals surface area (Å²) < 4.78 is 10.4. The van der Waals surface area contributed by atoms with Crippen molar-refractivity contribution >= 4 is 17.1 Å². The van der Waals surface area contributed by atoms with Gasteiger partial charge in [0.2, 0.25) is 11.7 Å². The third-order valence-electron chi connectivity index (χ3n) is 2.56. The first-order valence-corrected chi connectivity index (χ1v) is 6.05. The van der Waals surface area contributed by atoms with Gasteiger partial charge in [0.25, 0.3) is 0 Å². The molecule has 1 aliphatic rings. The van der Waals surface area contributed by atoms with Crippen LogP contribution in [0.3, 0.4) is 0 Å². The number of carbonyl (C=O) groups is 1. The molecule has 17 heavy (non-hydrogen) atoms. The van der Waals surface area contributed by atoms with Crippen molar-refractivity contribution in [2.75, 3.05) is 13.2 Å². The SMILES string of the molecule is O=C1CCOCC1c1nc(-c2cncs2)no1. The first-order chi connectivity index (χ1) is 8.34. The molecule has 0 spiro atoms. The van der Waals surface area contributed by atoms with Crippen molar-refractivity contribution in [2.45, 2.75) is 12.3 Å². The number of carbonyl (C=O) groups excluding carboxylic acids is 1. The van der Waals surface area contributed by atoms with Gasteiger partial charge in [-0.15, -0.1) is 11.3 Å². The fourth-order valence-electron chi connectivity index (χ4n) is 1.65. The second-order valence-electron chi connectivity index (χ2n) is 3.67. The number of ketones is 1. The van der Waals surface area contributed by atoms with Crippen molar-refractivity contribution in [3.8, 4) is 10.7 Å².